The molecule has 0 aromatic carbocycles. The van der Waals surface area contributed by atoms with E-state index in [0.29, 0.717) is 5.82 Å². The van der Waals surface area contributed by atoms with Gasteiger partial charge in [0.05, 0.1) is 5.56 Å². The van der Waals surface area contributed by atoms with E-state index in [1.165, 1.54) is 18.3 Å². The molecule has 6 nitrogen and oxygen atoms in total. The van der Waals surface area contributed by atoms with Crippen LogP contribution in [0.25, 0.3) is 0 Å². The van der Waals surface area contributed by atoms with Crippen molar-refractivity contribution >= 4 is 11.9 Å². The van der Waals surface area contributed by atoms with E-state index < -0.39 is 11.9 Å². The molecule has 0 aliphatic heterocycles. The molecule has 2 rings (SSSR count). The highest BCUT2D eigenvalue weighted by Crippen LogP contribution is 2.08. The summed E-state index contributed by atoms with van der Waals surface area (Å²) in [5.74, 6) is -1.16. The summed E-state index contributed by atoms with van der Waals surface area (Å²) in [6.45, 7) is 1.60. The summed E-state index contributed by atoms with van der Waals surface area (Å²) in [6.07, 6.45) is 1.25. The van der Waals surface area contributed by atoms with Crippen LogP contribution in [0.5, 0.6) is 0 Å². The zero-order chi connectivity index (χ0) is 11.5. The lowest BCUT2D eigenvalue weighted by atomic mass is 10.2. The van der Waals surface area contributed by atoms with E-state index in [1.54, 1.807) is 6.92 Å². The molecule has 0 saturated carbocycles. The van der Waals surface area contributed by atoms with Crippen molar-refractivity contribution in [1.82, 2.24) is 15.1 Å². The summed E-state index contributed by atoms with van der Waals surface area (Å²) in [7, 11) is 0. The monoisotopic (exact) mass is 222 g/mol. The van der Waals surface area contributed by atoms with Crippen molar-refractivity contribution in [2.75, 3.05) is 5.32 Å². The molecule has 82 valence electrons. The minimum absolute atomic E-state index is 0.0780. The Morgan fingerprint density at radius 1 is 1.56 bits per heavy atom. The second-order valence-corrected chi connectivity index (χ2v) is 2.94. The maximum absolute atomic E-state index is 13.1. The van der Waals surface area contributed by atoms with Gasteiger partial charge in [-0.15, -0.1) is 0 Å². The SMILES string of the molecule is Cc1noc(NC(=O)c2cccnc2F)n1. The van der Waals surface area contributed by atoms with Crippen LogP contribution in [0, 0.1) is 12.9 Å². The number of rotatable bonds is 2. The molecule has 2 heterocycles. The minimum atomic E-state index is -0.851. The normalized spacial score (nSPS) is 10.1. The van der Waals surface area contributed by atoms with E-state index in [2.05, 4.69) is 25.0 Å². The van der Waals surface area contributed by atoms with Crippen molar-refractivity contribution in [3.8, 4) is 0 Å². The van der Waals surface area contributed by atoms with Crippen molar-refractivity contribution in [2.45, 2.75) is 6.92 Å². The molecule has 0 aliphatic rings. The number of nitrogens with zero attached hydrogens (tertiary/aromatic N) is 3. The number of amides is 1. The molecule has 0 bridgehead atoms. The van der Waals surface area contributed by atoms with Gasteiger partial charge in [-0.3, -0.25) is 10.1 Å². The van der Waals surface area contributed by atoms with Crippen LogP contribution in [0.1, 0.15) is 16.2 Å². The highest BCUT2D eigenvalue weighted by molar-refractivity contribution is 6.03. The van der Waals surface area contributed by atoms with E-state index in [1.807, 2.05) is 0 Å². The summed E-state index contributed by atoms with van der Waals surface area (Å²) in [5.41, 5.74) is -0.182. The molecular formula is C9H7FN4O2. The molecule has 1 amide bonds. The Bertz CT molecular complexity index is 526. The van der Waals surface area contributed by atoms with Crippen LogP contribution in [0.15, 0.2) is 22.9 Å². The summed E-state index contributed by atoms with van der Waals surface area (Å²) in [5, 5.41) is 5.74. The number of halogens is 1. The highest BCUT2D eigenvalue weighted by Gasteiger charge is 2.14. The quantitative estimate of drug-likeness (QED) is 0.771. The number of carbonyl (C=O) groups excluding carboxylic acids is 1. The molecule has 1 N–H and O–H groups in total. The Balaban J connectivity index is 2.18. The Kier molecular flexibility index (Phi) is 2.59. The molecule has 2 aromatic rings. The van der Waals surface area contributed by atoms with Gasteiger partial charge in [-0.1, -0.05) is 5.16 Å². The van der Waals surface area contributed by atoms with E-state index in [9.17, 15) is 9.18 Å². The van der Waals surface area contributed by atoms with Crippen LogP contribution in [-0.4, -0.2) is 21.0 Å². The van der Waals surface area contributed by atoms with Crippen LogP contribution in [-0.2, 0) is 0 Å². The number of nitrogens with one attached hydrogen (secondary N) is 1. The molecule has 7 heteroatoms. The average Bonchev–Trinajstić information content (AvgIpc) is 2.64. The zero-order valence-electron chi connectivity index (χ0n) is 8.27. The Morgan fingerprint density at radius 3 is 3.00 bits per heavy atom. The Hall–Kier alpha value is -2.31. The number of hydrogen-bond acceptors (Lipinski definition) is 5. The third-order valence-electron chi connectivity index (χ3n) is 1.75. The largest absolute Gasteiger partial charge is 0.328 e. The smallest absolute Gasteiger partial charge is 0.315 e. The summed E-state index contributed by atoms with van der Waals surface area (Å²) >= 11 is 0. The number of hydrogen-bond donors (Lipinski definition) is 1. The maximum Gasteiger partial charge on any atom is 0.328 e. The van der Waals surface area contributed by atoms with Gasteiger partial charge in [0.15, 0.2) is 5.82 Å². The van der Waals surface area contributed by atoms with Crippen molar-refractivity contribution in [2.24, 2.45) is 0 Å². The van der Waals surface area contributed by atoms with Gasteiger partial charge in [0, 0.05) is 6.20 Å². The number of aromatic nitrogens is 3. The number of aryl methyl sites for hydroxylation is 1. The first-order valence-corrected chi connectivity index (χ1v) is 4.39. The molecule has 0 aliphatic carbocycles. The highest BCUT2D eigenvalue weighted by atomic mass is 19.1. The van der Waals surface area contributed by atoms with Gasteiger partial charge in [-0.05, 0) is 19.1 Å². The lowest BCUT2D eigenvalue weighted by Crippen LogP contribution is -2.14. The molecule has 0 saturated heterocycles. The number of carbonyl (C=O) groups is 1. The summed E-state index contributed by atoms with van der Waals surface area (Å²) in [6, 6.07) is 2.68. The van der Waals surface area contributed by atoms with Crippen molar-refractivity contribution < 1.29 is 13.7 Å². The first-order chi connectivity index (χ1) is 7.66. The van der Waals surface area contributed by atoms with Crippen LogP contribution in [0.3, 0.4) is 0 Å². The lowest BCUT2D eigenvalue weighted by Gasteiger charge is -1.99. The molecule has 0 fully saturated rings. The predicted octanol–water partition coefficient (Wildman–Crippen LogP) is 1.16. The summed E-state index contributed by atoms with van der Waals surface area (Å²) in [4.78, 5) is 18.6. The third kappa shape index (κ3) is 2.02. The number of anilines is 1. The molecule has 16 heavy (non-hydrogen) atoms. The van der Waals surface area contributed by atoms with Gasteiger partial charge >= 0.3 is 6.01 Å². The average molecular weight is 222 g/mol. The van der Waals surface area contributed by atoms with Gasteiger partial charge in [0.2, 0.25) is 5.95 Å². The Labute approximate surface area is 89.5 Å². The molecule has 0 spiro atoms. The van der Waals surface area contributed by atoms with Gasteiger partial charge < -0.3 is 4.52 Å². The van der Waals surface area contributed by atoms with E-state index in [-0.39, 0.29) is 11.6 Å². The first-order valence-electron chi connectivity index (χ1n) is 4.39. The van der Waals surface area contributed by atoms with Crippen LogP contribution in [0.4, 0.5) is 10.4 Å². The van der Waals surface area contributed by atoms with Crippen LogP contribution >= 0.6 is 0 Å². The fourth-order valence-electron chi connectivity index (χ4n) is 1.07. The molecule has 0 unspecified atom stereocenters. The lowest BCUT2D eigenvalue weighted by molar-refractivity contribution is 0.101. The van der Waals surface area contributed by atoms with Crippen LogP contribution in [0.2, 0.25) is 0 Å². The molecular weight excluding hydrogens is 215 g/mol. The third-order valence-corrected chi connectivity index (χ3v) is 1.75. The predicted molar refractivity (Wildman–Crippen MR) is 51.2 cm³/mol. The van der Waals surface area contributed by atoms with E-state index >= 15 is 0 Å². The maximum atomic E-state index is 13.1. The molecule has 0 atom stereocenters. The van der Waals surface area contributed by atoms with E-state index in [4.69, 9.17) is 0 Å². The topological polar surface area (TPSA) is 80.9 Å². The van der Waals surface area contributed by atoms with Crippen molar-refractivity contribution in [3.05, 3.63) is 35.7 Å². The van der Waals surface area contributed by atoms with Crippen molar-refractivity contribution in [3.63, 3.8) is 0 Å². The fraction of sp³-hybridized carbons (Fsp3) is 0.111. The number of pyridine rings is 1. The first kappa shape index (κ1) is 10.2. The standard InChI is InChI=1S/C9H7FN4O2/c1-5-12-9(16-14-5)13-8(15)6-3-2-4-11-7(6)10/h2-4H,1H3,(H,12,13,14,15). The zero-order valence-corrected chi connectivity index (χ0v) is 8.27. The van der Waals surface area contributed by atoms with Crippen LogP contribution < -0.4 is 5.32 Å². The summed E-state index contributed by atoms with van der Waals surface area (Å²) < 4.78 is 17.8. The second kappa shape index (κ2) is 4.05. The molecule has 0 radical (unpaired) electrons. The van der Waals surface area contributed by atoms with Crippen molar-refractivity contribution in [1.29, 1.82) is 0 Å². The minimum Gasteiger partial charge on any atom is -0.315 e. The van der Waals surface area contributed by atoms with Gasteiger partial charge in [0.25, 0.3) is 5.91 Å². The fourth-order valence-corrected chi connectivity index (χ4v) is 1.07. The van der Waals surface area contributed by atoms with Gasteiger partial charge in [0.1, 0.15) is 0 Å². The second-order valence-electron chi connectivity index (χ2n) is 2.94. The van der Waals surface area contributed by atoms with Gasteiger partial charge in [-0.2, -0.15) is 9.37 Å². The Morgan fingerprint density at radius 2 is 2.38 bits per heavy atom. The molecule has 2 aromatic heterocycles. The van der Waals surface area contributed by atoms with E-state index in [0.717, 1.165) is 0 Å². The van der Waals surface area contributed by atoms with Gasteiger partial charge in [-0.25, -0.2) is 4.98 Å².